The van der Waals surface area contributed by atoms with Gasteiger partial charge < -0.3 is 28.4 Å². The van der Waals surface area contributed by atoms with E-state index in [2.05, 4.69) is 0 Å². The molecule has 0 N–H and O–H groups in total. The van der Waals surface area contributed by atoms with E-state index in [1.807, 2.05) is 42.5 Å². The number of ether oxygens (including phenoxy) is 6. The molecule has 0 aliphatic heterocycles. The quantitative estimate of drug-likeness (QED) is 0.246. The fourth-order valence-corrected chi connectivity index (χ4v) is 4.34. The molecule has 1 saturated carbocycles. The van der Waals surface area contributed by atoms with Gasteiger partial charge in [-0.15, -0.1) is 0 Å². The van der Waals surface area contributed by atoms with Gasteiger partial charge in [0.05, 0.1) is 0 Å². The van der Waals surface area contributed by atoms with Crippen LogP contribution in [0.5, 0.6) is 17.2 Å². The minimum atomic E-state index is -0.152. The summed E-state index contributed by atoms with van der Waals surface area (Å²) in [6.45, 7) is 0.464. The Labute approximate surface area is 195 Å². The van der Waals surface area contributed by atoms with Gasteiger partial charge in [-0.25, -0.2) is 0 Å². The molecule has 1 aliphatic carbocycles. The summed E-state index contributed by atoms with van der Waals surface area (Å²) < 4.78 is 32.1. The largest absolute Gasteiger partial charge is 0.468 e. The van der Waals surface area contributed by atoms with Gasteiger partial charge in [0.2, 0.25) is 0 Å². The number of Topliss-reactive ketones (excluding diaryl/α,β-unsaturated/α-hetero) is 1. The lowest BCUT2D eigenvalue weighted by molar-refractivity contribution is 0.0472. The van der Waals surface area contributed by atoms with Gasteiger partial charge in [0, 0.05) is 38.4 Å². The molecule has 7 heteroatoms. The average Bonchev–Trinajstić information content (AvgIpc) is 3.11. The van der Waals surface area contributed by atoms with Gasteiger partial charge in [0.1, 0.15) is 17.2 Å². The Kier molecular flexibility index (Phi) is 10.00. The first-order valence-corrected chi connectivity index (χ1v) is 11.3. The van der Waals surface area contributed by atoms with Gasteiger partial charge in [-0.1, -0.05) is 19.3 Å². The van der Waals surface area contributed by atoms with Crippen molar-refractivity contribution in [3.05, 3.63) is 53.6 Å². The molecule has 2 atom stereocenters. The number of hydrogen-bond donors (Lipinski definition) is 0. The van der Waals surface area contributed by atoms with Crippen LogP contribution in [-0.4, -0.2) is 47.5 Å². The van der Waals surface area contributed by atoms with Crippen LogP contribution in [0.15, 0.2) is 42.5 Å². The second-order valence-electron chi connectivity index (χ2n) is 8.09. The molecule has 180 valence electrons. The van der Waals surface area contributed by atoms with Crippen molar-refractivity contribution in [2.24, 2.45) is 5.92 Å². The van der Waals surface area contributed by atoms with Crippen LogP contribution in [-0.2, 0) is 14.2 Å². The molecule has 0 radical (unpaired) electrons. The van der Waals surface area contributed by atoms with Crippen molar-refractivity contribution in [2.45, 2.75) is 38.0 Å². The van der Waals surface area contributed by atoms with E-state index in [9.17, 15) is 4.79 Å². The van der Waals surface area contributed by atoms with Gasteiger partial charge in [0.25, 0.3) is 0 Å². The lowest BCUT2D eigenvalue weighted by Crippen LogP contribution is -2.23. The molecule has 0 heterocycles. The Bertz CT molecular complexity index is 865. The second kappa shape index (κ2) is 13.2. The molecule has 0 aromatic heterocycles. The summed E-state index contributed by atoms with van der Waals surface area (Å²) in [4.78, 5) is 13.7. The molecule has 1 fully saturated rings. The number of methoxy groups -OCH3 is 3. The number of carbonyl (C=O) groups excluding carboxylic acids is 1. The molecule has 0 amide bonds. The Morgan fingerprint density at radius 3 is 2.06 bits per heavy atom. The van der Waals surface area contributed by atoms with E-state index in [0.29, 0.717) is 17.1 Å². The Morgan fingerprint density at radius 1 is 0.758 bits per heavy atom. The lowest BCUT2D eigenvalue weighted by Gasteiger charge is -2.27. The number of rotatable bonds is 12. The molecule has 0 bridgehead atoms. The first kappa shape index (κ1) is 25.0. The number of ketones is 1. The average molecular weight is 459 g/mol. The van der Waals surface area contributed by atoms with Crippen LogP contribution in [0.2, 0.25) is 0 Å². The van der Waals surface area contributed by atoms with Crippen LogP contribution in [0.4, 0.5) is 0 Å². The summed E-state index contributed by atoms with van der Waals surface area (Å²) >= 11 is 0. The fraction of sp³-hybridized carbons (Fsp3) is 0.500. The normalized spacial score (nSPS) is 18.4. The predicted octanol–water partition coefficient (Wildman–Crippen LogP) is 5.18. The topological polar surface area (TPSA) is 72.5 Å². The summed E-state index contributed by atoms with van der Waals surface area (Å²) in [7, 11) is 4.75. The molecular weight excluding hydrogens is 424 g/mol. The van der Waals surface area contributed by atoms with E-state index in [4.69, 9.17) is 28.4 Å². The first-order chi connectivity index (χ1) is 16.2. The van der Waals surface area contributed by atoms with Gasteiger partial charge in [0.15, 0.2) is 26.2 Å². The Hall–Kier alpha value is -2.61. The molecule has 2 aromatic carbocycles. The van der Waals surface area contributed by atoms with E-state index in [1.54, 1.807) is 21.3 Å². The zero-order chi connectivity index (χ0) is 23.5. The van der Waals surface area contributed by atoms with Crippen LogP contribution < -0.4 is 14.2 Å². The van der Waals surface area contributed by atoms with E-state index in [1.165, 1.54) is 0 Å². The zero-order valence-corrected chi connectivity index (χ0v) is 19.7. The Morgan fingerprint density at radius 2 is 1.36 bits per heavy atom. The molecule has 1 unspecified atom stereocenters. The Balaban J connectivity index is 1.90. The first-order valence-electron chi connectivity index (χ1n) is 11.3. The van der Waals surface area contributed by atoms with Crippen molar-refractivity contribution in [2.75, 3.05) is 41.7 Å². The second-order valence-corrected chi connectivity index (χ2v) is 8.09. The molecule has 0 saturated heterocycles. The van der Waals surface area contributed by atoms with E-state index < -0.39 is 0 Å². The highest BCUT2D eigenvalue weighted by atomic mass is 16.7. The van der Waals surface area contributed by atoms with Crippen molar-refractivity contribution < 1.29 is 33.2 Å². The van der Waals surface area contributed by atoms with Crippen molar-refractivity contribution in [1.29, 1.82) is 0 Å². The summed E-state index contributed by atoms with van der Waals surface area (Å²) in [5.74, 6) is 2.08. The fourth-order valence-electron chi connectivity index (χ4n) is 4.34. The molecular formula is C26H34O7. The molecule has 2 aromatic rings. The van der Waals surface area contributed by atoms with Crippen LogP contribution >= 0.6 is 0 Å². The summed E-state index contributed by atoms with van der Waals surface area (Å²) in [6.07, 6.45) is 4.93. The predicted molar refractivity (Wildman–Crippen MR) is 124 cm³/mol. The maximum absolute atomic E-state index is 13.7. The lowest BCUT2D eigenvalue weighted by atomic mass is 9.78. The smallest absolute Gasteiger partial charge is 0.188 e. The standard InChI is InChI=1S/C26H34O7/c1-28-16-31-20-11-9-19(10-12-20)26(27)23-8-6-4-5-7-22(23)24-15-21(32-17-29-2)13-14-25(24)33-18-30-3/h9-15,22-23H,4-8,16-18H2,1-3H3/t22?,23-/m0/s1. The number of carbonyl (C=O) groups is 1. The highest BCUT2D eigenvalue weighted by Gasteiger charge is 2.33. The maximum Gasteiger partial charge on any atom is 0.188 e. The third-order valence-corrected chi connectivity index (χ3v) is 5.89. The molecule has 1 aliphatic rings. The SMILES string of the molecule is COCOc1ccc(C(=O)[C@H]2CCCCCC2c2cc(OCOC)ccc2OCOC)cc1. The van der Waals surface area contributed by atoms with Crippen LogP contribution in [0, 0.1) is 5.92 Å². The third kappa shape index (κ3) is 6.93. The van der Waals surface area contributed by atoms with Crippen LogP contribution in [0.25, 0.3) is 0 Å². The van der Waals surface area contributed by atoms with Crippen molar-refractivity contribution in [1.82, 2.24) is 0 Å². The third-order valence-electron chi connectivity index (χ3n) is 5.89. The van der Waals surface area contributed by atoms with Gasteiger partial charge in [-0.2, -0.15) is 0 Å². The molecule has 3 rings (SSSR count). The molecule has 33 heavy (non-hydrogen) atoms. The van der Waals surface area contributed by atoms with E-state index >= 15 is 0 Å². The molecule has 0 spiro atoms. The summed E-state index contributed by atoms with van der Waals surface area (Å²) in [5.41, 5.74) is 1.66. The number of hydrogen-bond acceptors (Lipinski definition) is 7. The van der Waals surface area contributed by atoms with Crippen molar-refractivity contribution in [3.8, 4) is 17.2 Å². The highest BCUT2D eigenvalue weighted by molar-refractivity contribution is 5.98. The van der Waals surface area contributed by atoms with Crippen LogP contribution in [0.1, 0.15) is 53.9 Å². The van der Waals surface area contributed by atoms with E-state index in [0.717, 1.165) is 43.4 Å². The summed E-state index contributed by atoms with van der Waals surface area (Å²) in [6, 6.07) is 13.0. The van der Waals surface area contributed by atoms with Crippen LogP contribution in [0.3, 0.4) is 0 Å². The maximum atomic E-state index is 13.7. The summed E-state index contributed by atoms with van der Waals surface area (Å²) in [5, 5.41) is 0. The van der Waals surface area contributed by atoms with Gasteiger partial charge in [-0.3, -0.25) is 4.79 Å². The van der Waals surface area contributed by atoms with Gasteiger partial charge >= 0.3 is 0 Å². The molecule has 7 nitrogen and oxygen atoms in total. The minimum absolute atomic E-state index is 0.0161. The number of benzene rings is 2. The highest BCUT2D eigenvalue weighted by Crippen LogP contribution is 2.43. The monoisotopic (exact) mass is 458 g/mol. The van der Waals surface area contributed by atoms with Crippen molar-refractivity contribution >= 4 is 5.78 Å². The van der Waals surface area contributed by atoms with Gasteiger partial charge in [-0.05, 0) is 61.2 Å². The minimum Gasteiger partial charge on any atom is -0.468 e. The zero-order valence-electron chi connectivity index (χ0n) is 19.7. The van der Waals surface area contributed by atoms with E-state index in [-0.39, 0.29) is 38.0 Å². The van der Waals surface area contributed by atoms with Crippen molar-refractivity contribution in [3.63, 3.8) is 0 Å².